The molecular weight excluding hydrogens is 353 g/mol. The summed E-state index contributed by atoms with van der Waals surface area (Å²) in [6.45, 7) is 2.22. The fourth-order valence-corrected chi connectivity index (χ4v) is 2.66. The second kappa shape index (κ2) is 8.17. The van der Waals surface area contributed by atoms with E-state index in [4.69, 9.17) is 28.3 Å². The minimum absolute atomic E-state index is 0.0959. The van der Waals surface area contributed by atoms with Crippen LogP contribution in [-0.4, -0.2) is 33.3 Å². The van der Waals surface area contributed by atoms with Crippen LogP contribution in [0.1, 0.15) is 35.4 Å². The Labute approximate surface area is 149 Å². The summed E-state index contributed by atoms with van der Waals surface area (Å²) >= 11 is 12.1. The predicted molar refractivity (Wildman–Crippen MR) is 92.1 cm³/mol. The number of aryl methyl sites for hydroxylation is 1. The van der Waals surface area contributed by atoms with Gasteiger partial charge in [-0.2, -0.15) is 5.10 Å². The molecule has 0 unspecified atom stereocenters. The Balaban J connectivity index is 2.02. The topological polar surface area (TPSA) is 84.2 Å². The quantitative estimate of drug-likeness (QED) is 0.731. The van der Waals surface area contributed by atoms with Crippen molar-refractivity contribution in [3.8, 4) is 5.69 Å². The Morgan fingerprint density at radius 1 is 1.25 bits per heavy atom. The lowest BCUT2D eigenvalue weighted by Crippen LogP contribution is -2.25. The van der Waals surface area contributed by atoms with Crippen molar-refractivity contribution in [3.63, 3.8) is 0 Å². The van der Waals surface area contributed by atoms with Crippen molar-refractivity contribution < 1.29 is 14.7 Å². The molecule has 2 aromatic rings. The molecule has 0 saturated heterocycles. The summed E-state index contributed by atoms with van der Waals surface area (Å²) in [7, 11) is 0. The Kier molecular flexibility index (Phi) is 6.23. The number of hydrogen-bond acceptors (Lipinski definition) is 3. The van der Waals surface area contributed by atoms with Crippen LogP contribution in [0.5, 0.6) is 0 Å². The Morgan fingerprint density at radius 2 is 2.00 bits per heavy atom. The van der Waals surface area contributed by atoms with E-state index >= 15 is 0 Å². The third-order valence-corrected chi connectivity index (χ3v) is 3.90. The van der Waals surface area contributed by atoms with E-state index in [1.165, 1.54) is 0 Å². The average molecular weight is 370 g/mol. The highest BCUT2D eigenvalue weighted by molar-refractivity contribution is 6.35. The van der Waals surface area contributed by atoms with Gasteiger partial charge in [-0.25, -0.2) is 4.68 Å². The lowest BCUT2D eigenvalue weighted by molar-refractivity contribution is -0.137. The Morgan fingerprint density at radius 3 is 2.67 bits per heavy atom. The molecule has 0 spiro atoms. The zero-order valence-electron chi connectivity index (χ0n) is 13.1. The first-order chi connectivity index (χ1) is 11.4. The van der Waals surface area contributed by atoms with Crippen molar-refractivity contribution in [2.24, 2.45) is 0 Å². The number of nitrogens with zero attached hydrogens (tertiary/aromatic N) is 2. The SMILES string of the molecule is Cc1cc(C(=O)NCCCCC(=O)O)nn1-c1ccc(Cl)cc1Cl. The molecule has 1 heterocycles. The third-order valence-electron chi connectivity index (χ3n) is 3.36. The van der Waals surface area contributed by atoms with Gasteiger partial charge in [0.1, 0.15) is 0 Å². The average Bonchev–Trinajstić information content (AvgIpc) is 2.88. The number of amides is 1. The van der Waals surface area contributed by atoms with Crippen molar-refractivity contribution in [1.29, 1.82) is 0 Å². The van der Waals surface area contributed by atoms with Crippen LogP contribution in [0.4, 0.5) is 0 Å². The number of benzene rings is 1. The first kappa shape index (κ1) is 18.3. The summed E-state index contributed by atoms with van der Waals surface area (Å²) in [4.78, 5) is 22.5. The lowest BCUT2D eigenvalue weighted by atomic mass is 10.2. The number of nitrogens with one attached hydrogen (secondary N) is 1. The van der Waals surface area contributed by atoms with Crippen LogP contribution >= 0.6 is 23.2 Å². The zero-order valence-corrected chi connectivity index (χ0v) is 14.6. The van der Waals surface area contributed by atoms with Gasteiger partial charge in [-0.05, 0) is 44.0 Å². The molecule has 0 fully saturated rings. The zero-order chi connectivity index (χ0) is 17.7. The van der Waals surface area contributed by atoms with Gasteiger partial charge in [-0.3, -0.25) is 9.59 Å². The van der Waals surface area contributed by atoms with Crippen LogP contribution in [0.2, 0.25) is 10.0 Å². The molecule has 1 aromatic heterocycles. The molecule has 0 bridgehead atoms. The Hall–Kier alpha value is -2.05. The maximum absolute atomic E-state index is 12.1. The van der Waals surface area contributed by atoms with Gasteiger partial charge in [-0.15, -0.1) is 0 Å². The summed E-state index contributed by atoms with van der Waals surface area (Å²) in [5, 5.41) is 16.5. The van der Waals surface area contributed by atoms with E-state index in [2.05, 4.69) is 10.4 Å². The fraction of sp³-hybridized carbons (Fsp3) is 0.312. The number of carbonyl (C=O) groups is 2. The van der Waals surface area contributed by atoms with Crippen molar-refractivity contribution >= 4 is 35.1 Å². The number of carbonyl (C=O) groups excluding carboxylic acids is 1. The molecule has 0 aliphatic heterocycles. The summed E-state index contributed by atoms with van der Waals surface area (Å²) in [5.74, 6) is -1.15. The first-order valence-corrected chi connectivity index (χ1v) is 8.16. The number of aromatic nitrogens is 2. The molecule has 0 aliphatic carbocycles. The predicted octanol–water partition coefficient (Wildman–Crippen LogP) is 3.47. The van der Waals surface area contributed by atoms with Gasteiger partial charge in [0.15, 0.2) is 5.69 Å². The highest BCUT2D eigenvalue weighted by atomic mass is 35.5. The third kappa shape index (κ3) is 4.72. The number of halogens is 2. The van der Waals surface area contributed by atoms with Crippen molar-refractivity contribution in [1.82, 2.24) is 15.1 Å². The van der Waals surface area contributed by atoms with Gasteiger partial charge < -0.3 is 10.4 Å². The maximum Gasteiger partial charge on any atom is 0.303 e. The Bertz CT molecular complexity index is 759. The van der Waals surface area contributed by atoms with Crippen LogP contribution in [0.25, 0.3) is 5.69 Å². The minimum atomic E-state index is -0.837. The van der Waals surface area contributed by atoms with Gasteiger partial charge in [0, 0.05) is 23.7 Å². The largest absolute Gasteiger partial charge is 0.481 e. The van der Waals surface area contributed by atoms with Crippen molar-refractivity contribution in [2.45, 2.75) is 26.2 Å². The first-order valence-electron chi connectivity index (χ1n) is 7.40. The van der Waals surface area contributed by atoms with Crippen LogP contribution in [0, 0.1) is 6.92 Å². The number of aliphatic carboxylic acids is 1. The maximum atomic E-state index is 12.1. The van der Waals surface area contributed by atoms with E-state index in [0.717, 1.165) is 5.69 Å². The number of carboxylic acid groups (broad SMARTS) is 1. The molecule has 6 nitrogen and oxygen atoms in total. The van der Waals surface area contributed by atoms with Gasteiger partial charge in [0.2, 0.25) is 0 Å². The van der Waals surface area contributed by atoms with Gasteiger partial charge >= 0.3 is 5.97 Å². The fourth-order valence-electron chi connectivity index (χ4n) is 2.18. The highest BCUT2D eigenvalue weighted by Gasteiger charge is 2.14. The smallest absolute Gasteiger partial charge is 0.303 e. The molecule has 2 rings (SSSR count). The molecule has 1 amide bonds. The summed E-state index contributed by atoms with van der Waals surface area (Å²) in [6.07, 6.45) is 1.21. The molecule has 0 radical (unpaired) electrons. The van der Waals surface area contributed by atoms with Crippen LogP contribution in [0.3, 0.4) is 0 Å². The number of carboxylic acids is 1. The summed E-state index contributed by atoms with van der Waals surface area (Å²) in [6, 6.07) is 6.71. The lowest BCUT2D eigenvalue weighted by Gasteiger charge is -2.07. The van der Waals surface area contributed by atoms with Gasteiger partial charge in [0.25, 0.3) is 5.91 Å². The van der Waals surface area contributed by atoms with Gasteiger partial charge in [0.05, 0.1) is 10.7 Å². The molecule has 0 aliphatic rings. The summed E-state index contributed by atoms with van der Waals surface area (Å²) < 4.78 is 1.58. The molecule has 24 heavy (non-hydrogen) atoms. The van der Waals surface area contributed by atoms with Gasteiger partial charge in [-0.1, -0.05) is 23.2 Å². The second-order valence-electron chi connectivity index (χ2n) is 5.29. The number of hydrogen-bond donors (Lipinski definition) is 2. The van der Waals surface area contributed by atoms with Crippen LogP contribution in [-0.2, 0) is 4.79 Å². The molecule has 1 aromatic carbocycles. The normalized spacial score (nSPS) is 10.6. The van der Waals surface area contributed by atoms with E-state index in [-0.39, 0.29) is 18.0 Å². The van der Waals surface area contributed by atoms with E-state index in [0.29, 0.717) is 35.1 Å². The van der Waals surface area contributed by atoms with E-state index in [1.807, 2.05) is 6.92 Å². The van der Waals surface area contributed by atoms with Crippen molar-refractivity contribution in [2.75, 3.05) is 6.54 Å². The second-order valence-corrected chi connectivity index (χ2v) is 6.13. The monoisotopic (exact) mass is 369 g/mol. The van der Waals surface area contributed by atoms with E-state index in [1.54, 1.807) is 28.9 Å². The minimum Gasteiger partial charge on any atom is -0.481 e. The van der Waals surface area contributed by atoms with Crippen molar-refractivity contribution in [3.05, 3.63) is 45.7 Å². The molecule has 128 valence electrons. The molecular formula is C16H17Cl2N3O3. The molecule has 0 atom stereocenters. The van der Waals surface area contributed by atoms with E-state index in [9.17, 15) is 9.59 Å². The number of rotatable bonds is 7. The summed E-state index contributed by atoms with van der Waals surface area (Å²) in [5.41, 5.74) is 1.67. The molecule has 2 N–H and O–H groups in total. The number of unbranched alkanes of at least 4 members (excludes halogenated alkanes) is 1. The van der Waals surface area contributed by atoms with E-state index < -0.39 is 5.97 Å². The van der Waals surface area contributed by atoms with Crippen LogP contribution in [0.15, 0.2) is 24.3 Å². The van der Waals surface area contributed by atoms with Crippen LogP contribution < -0.4 is 5.32 Å². The molecule has 0 saturated carbocycles. The standard InChI is InChI=1S/C16H17Cl2N3O3/c1-10-8-13(16(24)19-7-3-2-4-15(22)23)20-21(10)14-6-5-11(17)9-12(14)18/h5-6,8-9H,2-4,7H2,1H3,(H,19,24)(H,22,23). The highest BCUT2D eigenvalue weighted by Crippen LogP contribution is 2.25. The molecule has 8 heteroatoms.